The molecule has 23 heavy (non-hydrogen) atoms. The Morgan fingerprint density at radius 3 is 2.35 bits per heavy atom. The van der Waals surface area contributed by atoms with Crippen LogP contribution in [0, 0.1) is 17.8 Å². The van der Waals surface area contributed by atoms with Crippen molar-refractivity contribution in [2.24, 2.45) is 5.41 Å². The third kappa shape index (κ3) is 3.69. The first-order valence-corrected chi connectivity index (χ1v) is 6.44. The van der Waals surface area contributed by atoms with Crippen molar-refractivity contribution >= 4 is 11.6 Å². The lowest BCUT2D eigenvalue weighted by molar-refractivity contribution is -0.159. The summed E-state index contributed by atoms with van der Waals surface area (Å²) in [5, 5.41) is 5.89. The lowest BCUT2D eigenvalue weighted by Gasteiger charge is -2.16. The Labute approximate surface area is 129 Å². The number of hydrogen-bond acceptors (Lipinski definition) is 4. The predicted molar refractivity (Wildman–Crippen MR) is 76.0 cm³/mol. The Morgan fingerprint density at radius 2 is 1.87 bits per heavy atom. The molecule has 1 N–H and O–H groups in total. The van der Waals surface area contributed by atoms with Gasteiger partial charge in [0.1, 0.15) is 5.41 Å². The van der Waals surface area contributed by atoms with Gasteiger partial charge in [0.2, 0.25) is 11.7 Å². The quantitative estimate of drug-likeness (QED) is 0.880. The van der Waals surface area contributed by atoms with Crippen molar-refractivity contribution in [2.75, 3.05) is 5.32 Å². The number of carbonyl (C=O) groups excluding carboxylic acids is 1. The SMILES string of the molecule is C#CC(C)(C)C(=O)Nc1ccc(-c2noc(C(F)(F)F)n2)cc1. The van der Waals surface area contributed by atoms with Gasteiger partial charge in [-0.1, -0.05) is 11.1 Å². The number of nitrogens with one attached hydrogen (secondary N) is 1. The van der Waals surface area contributed by atoms with E-state index in [1.807, 2.05) is 0 Å². The number of aromatic nitrogens is 2. The molecule has 0 aliphatic carbocycles. The summed E-state index contributed by atoms with van der Waals surface area (Å²) in [5.41, 5.74) is -0.214. The van der Waals surface area contributed by atoms with E-state index in [2.05, 4.69) is 25.9 Å². The highest BCUT2D eigenvalue weighted by Gasteiger charge is 2.38. The molecule has 2 aromatic rings. The average molecular weight is 323 g/mol. The van der Waals surface area contributed by atoms with Gasteiger partial charge in [0.25, 0.3) is 0 Å². The number of benzene rings is 1. The fourth-order valence-corrected chi connectivity index (χ4v) is 1.51. The second-order valence-corrected chi connectivity index (χ2v) is 5.22. The smallest absolute Gasteiger partial charge is 0.329 e. The van der Waals surface area contributed by atoms with Crippen molar-refractivity contribution in [3.8, 4) is 23.7 Å². The van der Waals surface area contributed by atoms with Crippen LogP contribution in [-0.2, 0) is 11.0 Å². The molecule has 0 unspecified atom stereocenters. The maximum absolute atomic E-state index is 12.4. The molecule has 0 atom stereocenters. The van der Waals surface area contributed by atoms with Gasteiger partial charge in [-0.3, -0.25) is 4.79 Å². The van der Waals surface area contributed by atoms with Gasteiger partial charge in [-0.05, 0) is 38.1 Å². The Balaban J connectivity index is 2.16. The summed E-state index contributed by atoms with van der Waals surface area (Å²) in [6.45, 7) is 3.18. The summed E-state index contributed by atoms with van der Waals surface area (Å²) in [5.74, 6) is 0.384. The molecule has 1 aromatic carbocycles. The Morgan fingerprint density at radius 1 is 1.26 bits per heavy atom. The number of hydrogen-bond donors (Lipinski definition) is 1. The zero-order valence-corrected chi connectivity index (χ0v) is 12.2. The summed E-state index contributed by atoms with van der Waals surface area (Å²) in [6.07, 6.45) is 0.574. The number of rotatable bonds is 3. The van der Waals surface area contributed by atoms with Crippen molar-refractivity contribution in [1.29, 1.82) is 0 Å². The minimum absolute atomic E-state index is 0.195. The molecular formula is C15H12F3N3O2. The molecule has 0 aliphatic rings. The van der Waals surface area contributed by atoms with Gasteiger partial charge < -0.3 is 9.84 Å². The second kappa shape index (κ2) is 5.76. The molecule has 0 spiro atoms. The van der Waals surface area contributed by atoms with Crippen LogP contribution in [0.3, 0.4) is 0 Å². The van der Waals surface area contributed by atoms with E-state index in [4.69, 9.17) is 6.42 Å². The lowest BCUT2D eigenvalue weighted by atomic mass is 9.93. The molecule has 2 rings (SSSR count). The Kier molecular flexibility index (Phi) is 4.14. The number of anilines is 1. The van der Waals surface area contributed by atoms with Crippen LogP contribution in [0.2, 0.25) is 0 Å². The highest BCUT2D eigenvalue weighted by atomic mass is 19.4. The zero-order valence-electron chi connectivity index (χ0n) is 12.2. The standard InChI is InChI=1S/C15H12F3N3O2/c1-4-14(2,3)12(22)19-10-7-5-9(6-8-10)11-20-13(23-21-11)15(16,17)18/h1,5-8H,2-3H3,(H,19,22). The van der Waals surface area contributed by atoms with E-state index in [1.165, 1.54) is 24.3 Å². The fourth-order valence-electron chi connectivity index (χ4n) is 1.51. The van der Waals surface area contributed by atoms with Crippen molar-refractivity contribution in [3.05, 3.63) is 30.2 Å². The van der Waals surface area contributed by atoms with Crippen LogP contribution >= 0.6 is 0 Å². The van der Waals surface area contributed by atoms with Gasteiger partial charge in [0, 0.05) is 11.3 Å². The first-order valence-electron chi connectivity index (χ1n) is 6.44. The molecule has 0 aliphatic heterocycles. The van der Waals surface area contributed by atoms with E-state index in [9.17, 15) is 18.0 Å². The fraction of sp³-hybridized carbons (Fsp3) is 0.267. The molecule has 0 fully saturated rings. The molecule has 1 amide bonds. The number of alkyl halides is 3. The monoisotopic (exact) mass is 323 g/mol. The van der Waals surface area contributed by atoms with Crippen LogP contribution in [0.4, 0.5) is 18.9 Å². The lowest BCUT2D eigenvalue weighted by Crippen LogP contribution is -2.29. The second-order valence-electron chi connectivity index (χ2n) is 5.22. The number of terminal acetylenes is 1. The summed E-state index contributed by atoms with van der Waals surface area (Å²) >= 11 is 0. The normalized spacial score (nSPS) is 11.8. The number of nitrogens with zero attached hydrogens (tertiary/aromatic N) is 2. The highest BCUT2D eigenvalue weighted by Crippen LogP contribution is 2.29. The van der Waals surface area contributed by atoms with Crippen LogP contribution in [0.15, 0.2) is 28.8 Å². The van der Waals surface area contributed by atoms with E-state index < -0.39 is 17.5 Å². The zero-order chi connectivity index (χ0) is 17.3. The molecule has 1 aromatic heterocycles. The molecule has 8 heteroatoms. The average Bonchev–Trinajstić information content (AvgIpc) is 2.98. The van der Waals surface area contributed by atoms with Crippen molar-refractivity contribution in [1.82, 2.24) is 10.1 Å². The van der Waals surface area contributed by atoms with Gasteiger partial charge in [0.15, 0.2) is 0 Å². The summed E-state index contributed by atoms with van der Waals surface area (Å²) < 4.78 is 41.4. The first kappa shape index (κ1) is 16.5. The van der Waals surface area contributed by atoms with Crippen LogP contribution in [-0.4, -0.2) is 16.0 Å². The van der Waals surface area contributed by atoms with Gasteiger partial charge in [-0.15, -0.1) is 6.42 Å². The maximum atomic E-state index is 12.4. The topological polar surface area (TPSA) is 68.0 Å². The van der Waals surface area contributed by atoms with Crippen molar-refractivity contribution in [3.63, 3.8) is 0 Å². The largest absolute Gasteiger partial charge is 0.471 e. The minimum Gasteiger partial charge on any atom is -0.329 e. The number of halogens is 3. The third-order valence-electron chi connectivity index (χ3n) is 3.00. The van der Waals surface area contributed by atoms with Crippen molar-refractivity contribution < 1.29 is 22.5 Å². The number of amides is 1. The van der Waals surface area contributed by atoms with Gasteiger partial charge in [-0.2, -0.15) is 18.2 Å². The maximum Gasteiger partial charge on any atom is 0.471 e. The molecular weight excluding hydrogens is 311 g/mol. The number of carbonyl (C=O) groups is 1. The van der Waals surface area contributed by atoms with E-state index >= 15 is 0 Å². The van der Waals surface area contributed by atoms with Crippen LogP contribution in [0.1, 0.15) is 19.7 Å². The van der Waals surface area contributed by atoms with E-state index in [-0.39, 0.29) is 11.7 Å². The molecule has 0 bridgehead atoms. The predicted octanol–water partition coefficient (Wildman–Crippen LogP) is 3.35. The van der Waals surface area contributed by atoms with E-state index in [0.717, 1.165) is 0 Å². The van der Waals surface area contributed by atoms with Crippen molar-refractivity contribution in [2.45, 2.75) is 20.0 Å². The third-order valence-corrected chi connectivity index (χ3v) is 3.00. The minimum atomic E-state index is -4.69. The van der Waals surface area contributed by atoms with E-state index in [0.29, 0.717) is 11.3 Å². The molecule has 1 heterocycles. The summed E-state index contributed by atoms with van der Waals surface area (Å²) in [7, 11) is 0. The van der Waals surface area contributed by atoms with Gasteiger partial charge in [0.05, 0.1) is 0 Å². The first-order chi connectivity index (χ1) is 10.6. The van der Waals surface area contributed by atoms with Crippen LogP contribution < -0.4 is 5.32 Å². The molecule has 0 saturated carbocycles. The van der Waals surface area contributed by atoms with Gasteiger partial charge >= 0.3 is 12.1 Å². The highest BCUT2D eigenvalue weighted by molar-refractivity contribution is 5.96. The molecule has 0 saturated heterocycles. The Hall–Kier alpha value is -2.82. The van der Waals surface area contributed by atoms with Gasteiger partial charge in [-0.25, -0.2) is 0 Å². The Bertz CT molecular complexity index is 756. The summed E-state index contributed by atoms with van der Waals surface area (Å²) in [6, 6.07) is 5.93. The molecule has 0 radical (unpaired) electrons. The summed E-state index contributed by atoms with van der Waals surface area (Å²) in [4.78, 5) is 15.2. The molecule has 120 valence electrons. The van der Waals surface area contributed by atoms with Crippen LogP contribution in [0.25, 0.3) is 11.4 Å². The van der Waals surface area contributed by atoms with Crippen LogP contribution in [0.5, 0.6) is 0 Å². The van der Waals surface area contributed by atoms with E-state index in [1.54, 1.807) is 13.8 Å². The molecule has 5 nitrogen and oxygen atoms in total.